The van der Waals surface area contributed by atoms with Gasteiger partial charge in [-0.2, -0.15) is 5.26 Å². The van der Waals surface area contributed by atoms with Crippen LogP contribution in [0.2, 0.25) is 0 Å². The molecular formula is C12H10BrN3. The number of benzene rings is 1. The van der Waals surface area contributed by atoms with Gasteiger partial charge in [0.25, 0.3) is 0 Å². The molecule has 1 heterocycles. The summed E-state index contributed by atoms with van der Waals surface area (Å²) in [7, 11) is 0. The van der Waals surface area contributed by atoms with Crippen LogP contribution in [0.4, 0.5) is 0 Å². The molecule has 4 heteroatoms. The first kappa shape index (κ1) is 10.9. The fourth-order valence-corrected chi connectivity index (χ4v) is 1.78. The van der Waals surface area contributed by atoms with Crippen LogP contribution in [-0.2, 0) is 13.0 Å². The quantitative estimate of drug-likeness (QED) is 0.865. The van der Waals surface area contributed by atoms with Crippen molar-refractivity contribution in [2.75, 3.05) is 0 Å². The number of rotatable bonds is 3. The molecule has 0 fully saturated rings. The SMILES string of the molecule is N#CCn1ccnc1Cc1ccc(Br)cc1. The first-order valence-electron chi connectivity index (χ1n) is 4.91. The van der Waals surface area contributed by atoms with Gasteiger partial charge in [-0.05, 0) is 17.7 Å². The Balaban J connectivity index is 2.17. The van der Waals surface area contributed by atoms with Crippen LogP contribution >= 0.6 is 15.9 Å². The zero-order chi connectivity index (χ0) is 11.4. The highest BCUT2D eigenvalue weighted by molar-refractivity contribution is 9.10. The molecule has 3 nitrogen and oxygen atoms in total. The number of nitrogens with zero attached hydrogens (tertiary/aromatic N) is 3. The maximum atomic E-state index is 8.66. The van der Waals surface area contributed by atoms with Crippen molar-refractivity contribution in [1.29, 1.82) is 5.26 Å². The van der Waals surface area contributed by atoms with Gasteiger partial charge in [0, 0.05) is 23.3 Å². The van der Waals surface area contributed by atoms with Gasteiger partial charge >= 0.3 is 0 Å². The van der Waals surface area contributed by atoms with Gasteiger partial charge in [0.2, 0.25) is 0 Å². The monoisotopic (exact) mass is 275 g/mol. The standard InChI is InChI=1S/C12H10BrN3/c13-11-3-1-10(2-4-11)9-12-15-6-8-16(12)7-5-14/h1-4,6,8H,7,9H2. The molecule has 0 N–H and O–H groups in total. The minimum atomic E-state index is 0.353. The average molecular weight is 276 g/mol. The Morgan fingerprint density at radius 1 is 1.31 bits per heavy atom. The first-order chi connectivity index (χ1) is 7.79. The van der Waals surface area contributed by atoms with E-state index in [2.05, 4.69) is 39.1 Å². The van der Waals surface area contributed by atoms with Gasteiger partial charge < -0.3 is 4.57 Å². The molecule has 2 aromatic rings. The smallest absolute Gasteiger partial charge is 0.113 e. The zero-order valence-electron chi connectivity index (χ0n) is 8.60. The Kier molecular flexibility index (Phi) is 3.37. The van der Waals surface area contributed by atoms with Gasteiger partial charge in [-0.1, -0.05) is 28.1 Å². The third-order valence-electron chi connectivity index (χ3n) is 2.32. The molecule has 0 bridgehead atoms. The van der Waals surface area contributed by atoms with Crippen molar-refractivity contribution < 1.29 is 0 Å². The Labute approximate surface area is 102 Å². The highest BCUT2D eigenvalue weighted by Crippen LogP contribution is 2.13. The maximum Gasteiger partial charge on any atom is 0.113 e. The number of hydrogen-bond acceptors (Lipinski definition) is 2. The second-order valence-corrected chi connectivity index (χ2v) is 4.35. The first-order valence-corrected chi connectivity index (χ1v) is 5.70. The summed E-state index contributed by atoms with van der Waals surface area (Å²) in [5, 5.41) is 8.66. The summed E-state index contributed by atoms with van der Waals surface area (Å²) < 4.78 is 2.93. The topological polar surface area (TPSA) is 41.6 Å². The van der Waals surface area contributed by atoms with Crippen molar-refractivity contribution in [3.8, 4) is 6.07 Å². The van der Waals surface area contributed by atoms with E-state index >= 15 is 0 Å². The lowest BCUT2D eigenvalue weighted by atomic mass is 10.1. The largest absolute Gasteiger partial charge is 0.321 e. The summed E-state index contributed by atoms with van der Waals surface area (Å²) in [5.41, 5.74) is 1.19. The van der Waals surface area contributed by atoms with Crippen molar-refractivity contribution in [2.45, 2.75) is 13.0 Å². The molecule has 0 aliphatic carbocycles. The second kappa shape index (κ2) is 4.95. The maximum absolute atomic E-state index is 8.66. The third-order valence-corrected chi connectivity index (χ3v) is 2.85. The molecule has 16 heavy (non-hydrogen) atoms. The van der Waals surface area contributed by atoms with Crippen LogP contribution in [0.15, 0.2) is 41.1 Å². The summed E-state index contributed by atoms with van der Waals surface area (Å²) >= 11 is 3.40. The molecule has 0 unspecified atom stereocenters. The molecule has 1 aromatic heterocycles. The molecular weight excluding hydrogens is 266 g/mol. The summed E-state index contributed by atoms with van der Waals surface area (Å²) in [6, 6.07) is 10.2. The number of imidazole rings is 1. The van der Waals surface area contributed by atoms with Crippen molar-refractivity contribution in [3.63, 3.8) is 0 Å². The molecule has 0 saturated heterocycles. The number of nitriles is 1. The number of halogens is 1. The Morgan fingerprint density at radius 2 is 2.06 bits per heavy atom. The van der Waals surface area contributed by atoms with Crippen LogP contribution in [0.1, 0.15) is 11.4 Å². The molecule has 0 amide bonds. The van der Waals surface area contributed by atoms with Gasteiger partial charge in [0.05, 0.1) is 6.07 Å². The van der Waals surface area contributed by atoms with Crippen LogP contribution in [0.25, 0.3) is 0 Å². The van der Waals surface area contributed by atoms with E-state index in [0.29, 0.717) is 6.54 Å². The van der Waals surface area contributed by atoms with Crippen molar-refractivity contribution in [1.82, 2.24) is 9.55 Å². The lowest BCUT2D eigenvalue weighted by Gasteiger charge is -2.03. The van der Waals surface area contributed by atoms with E-state index in [9.17, 15) is 0 Å². The molecule has 2 rings (SSSR count). The predicted molar refractivity (Wildman–Crippen MR) is 64.8 cm³/mol. The molecule has 1 aromatic carbocycles. The highest BCUT2D eigenvalue weighted by atomic mass is 79.9. The lowest BCUT2D eigenvalue weighted by molar-refractivity contribution is 0.765. The van der Waals surface area contributed by atoms with E-state index in [0.717, 1.165) is 16.7 Å². The van der Waals surface area contributed by atoms with E-state index in [4.69, 9.17) is 5.26 Å². The van der Waals surface area contributed by atoms with Gasteiger partial charge in [-0.3, -0.25) is 0 Å². The normalized spacial score (nSPS) is 10.0. The number of aromatic nitrogens is 2. The lowest BCUT2D eigenvalue weighted by Crippen LogP contribution is -2.02. The van der Waals surface area contributed by atoms with Gasteiger partial charge in [0.15, 0.2) is 0 Å². The Bertz CT molecular complexity index is 508. The van der Waals surface area contributed by atoms with Crippen molar-refractivity contribution >= 4 is 15.9 Å². The van der Waals surface area contributed by atoms with E-state index in [1.165, 1.54) is 5.56 Å². The number of hydrogen-bond donors (Lipinski definition) is 0. The minimum absolute atomic E-state index is 0.353. The van der Waals surface area contributed by atoms with E-state index in [1.54, 1.807) is 6.20 Å². The highest BCUT2D eigenvalue weighted by Gasteiger charge is 2.03. The molecule has 0 aliphatic rings. The molecule has 0 aliphatic heterocycles. The van der Waals surface area contributed by atoms with Gasteiger partial charge in [-0.25, -0.2) is 4.98 Å². The van der Waals surface area contributed by atoms with Crippen LogP contribution < -0.4 is 0 Å². The predicted octanol–water partition coefficient (Wildman–Crippen LogP) is 2.76. The van der Waals surface area contributed by atoms with E-state index in [-0.39, 0.29) is 0 Å². The molecule has 80 valence electrons. The van der Waals surface area contributed by atoms with Crippen LogP contribution in [0, 0.1) is 11.3 Å². The van der Waals surface area contributed by atoms with E-state index < -0.39 is 0 Å². The molecule has 0 radical (unpaired) electrons. The zero-order valence-corrected chi connectivity index (χ0v) is 10.2. The van der Waals surface area contributed by atoms with Crippen LogP contribution in [-0.4, -0.2) is 9.55 Å². The summed E-state index contributed by atoms with van der Waals surface area (Å²) in [5.74, 6) is 0.920. The fraction of sp³-hybridized carbons (Fsp3) is 0.167. The van der Waals surface area contributed by atoms with Crippen LogP contribution in [0.5, 0.6) is 0 Å². The minimum Gasteiger partial charge on any atom is -0.321 e. The summed E-state index contributed by atoms with van der Waals surface area (Å²) in [4.78, 5) is 4.25. The van der Waals surface area contributed by atoms with Crippen molar-refractivity contribution in [2.24, 2.45) is 0 Å². The third kappa shape index (κ3) is 2.50. The van der Waals surface area contributed by atoms with Crippen LogP contribution in [0.3, 0.4) is 0 Å². The molecule has 0 saturated carbocycles. The Morgan fingerprint density at radius 3 is 2.75 bits per heavy atom. The second-order valence-electron chi connectivity index (χ2n) is 3.43. The molecule has 0 spiro atoms. The summed E-state index contributed by atoms with van der Waals surface area (Å²) in [6.45, 7) is 0.353. The van der Waals surface area contributed by atoms with E-state index in [1.807, 2.05) is 22.9 Å². The fourth-order valence-electron chi connectivity index (χ4n) is 1.51. The Hall–Kier alpha value is -1.60. The van der Waals surface area contributed by atoms with Gasteiger partial charge in [-0.15, -0.1) is 0 Å². The van der Waals surface area contributed by atoms with Gasteiger partial charge in [0.1, 0.15) is 12.4 Å². The molecule has 0 atom stereocenters. The average Bonchev–Trinajstić information content (AvgIpc) is 2.70. The summed E-state index contributed by atoms with van der Waals surface area (Å²) in [6.07, 6.45) is 4.31. The van der Waals surface area contributed by atoms with Crippen molar-refractivity contribution in [3.05, 3.63) is 52.5 Å².